The number of nitrogens with zero attached hydrogens (tertiary/aromatic N) is 3. The van der Waals surface area contributed by atoms with E-state index >= 15 is 0 Å². The van der Waals surface area contributed by atoms with E-state index in [1.165, 1.54) is 0 Å². The summed E-state index contributed by atoms with van der Waals surface area (Å²) in [6.07, 6.45) is 2.14. The minimum absolute atomic E-state index is 0.0455. The van der Waals surface area contributed by atoms with Crippen LogP contribution in [0.2, 0.25) is 0 Å². The number of nitrogen functional groups attached to an aromatic ring is 1. The zero-order chi connectivity index (χ0) is 15.8. The summed E-state index contributed by atoms with van der Waals surface area (Å²) in [6, 6.07) is 18.3. The molecule has 23 heavy (non-hydrogen) atoms. The molecule has 1 aromatic heterocycles. The van der Waals surface area contributed by atoms with Crippen molar-refractivity contribution in [2.75, 3.05) is 11.1 Å². The Hall–Kier alpha value is -2.60. The van der Waals surface area contributed by atoms with Gasteiger partial charge >= 0.3 is 0 Å². The number of halogens is 1. The zero-order valence-corrected chi connectivity index (χ0v) is 13.7. The van der Waals surface area contributed by atoms with Gasteiger partial charge in [0, 0.05) is 10.2 Å². The third-order valence-corrected chi connectivity index (χ3v) is 4.31. The van der Waals surface area contributed by atoms with E-state index in [-0.39, 0.29) is 12.0 Å². The highest BCUT2D eigenvalue weighted by Gasteiger charge is 2.24. The summed E-state index contributed by atoms with van der Waals surface area (Å²) in [7, 11) is 0. The molecule has 0 spiro atoms. The van der Waals surface area contributed by atoms with E-state index in [1.807, 2.05) is 35.0 Å². The molecule has 3 N–H and O–H groups in total. The summed E-state index contributed by atoms with van der Waals surface area (Å²) in [6.45, 7) is 0. The van der Waals surface area contributed by atoms with E-state index < -0.39 is 0 Å². The minimum atomic E-state index is -0.0455. The average Bonchev–Trinajstić information content (AvgIpc) is 2.95. The highest BCUT2D eigenvalue weighted by Crippen LogP contribution is 2.32. The Morgan fingerprint density at radius 1 is 1.04 bits per heavy atom. The van der Waals surface area contributed by atoms with Gasteiger partial charge in [-0.15, -0.1) is 5.10 Å². The maximum atomic E-state index is 5.79. The summed E-state index contributed by atoms with van der Waals surface area (Å²) in [4.78, 5) is 4.29. The van der Waals surface area contributed by atoms with E-state index in [0.29, 0.717) is 5.95 Å². The van der Waals surface area contributed by atoms with Crippen molar-refractivity contribution in [3.8, 4) is 0 Å². The molecular weight excluding hydrogens is 354 g/mol. The monoisotopic (exact) mass is 367 g/mol. The van der Waals surface area contributed by atoms with Crippen molar-refractivity contribution < 1.29 is 0 Å². The van der Waals surface area contributed by atoms with Gasteiger partial charge in [0.05, 0.1) is 0 Å². The first-order valence-electron chi connectivity index (χ1n) is 7.22. The lowest BCUT2D eigenvalue weighted by Gasteiger charge is -2.24. The van der Waals surface area contributed by atoms with Crippen molar-refractivity contribution in [2.24, 2.45) is 0 Å². The first-order valence-corrected chi connectivity index (χ1v) is 8.02. The first-order chi connectivity index (χ1) is 11.2. The van der Waals surface area contributed by atoms with Crippen molar-refractivity contribution in [3.63, 3.8) is 0 Å². The summed E-state index contributed by atoms with van der Waals surface area (Å²) < 4.78 is 2.86. The second kappa shape index (κ2) is 5.55. The van der Waals surface area contributed by atoms with Gasteiger partial charge in [-0.2, -0.15) is 4.98 Å². The number of benzene rings is 2. The fourth-order valence-electron chi connectivity index (χ4n) is 2.70. The summed E-state index contributed by atoms with van der Waals surface area (Å²) in [5.41, 5.74) is 9.00. The lowest BCUT2D eigenvalue weighted by Crippen LogP contribution is -2.20. The molecule has 0 fully saturated rings. The molecule has 1 atom stereocenters. The Balaban J connectivity index is 1.82. The lowest BCUT2D eigenvalue weighted by atomic mass is 10.0. The molecule has 5 nitrogen and oxygen atoms in total. The molecule has 2 heterocycles. The summed E-state index contributed by atoms with van der Waals surface area (Å²) in [5.74, 6) is 0.913. The normalized spacial score (nSPS) is 16.4. The van der Waals surface area contributed by atoms with E-state index in [4.69, 9.17) is 5.73 Å². The predicted molar refractivity (Wildman–Crippen MR) is 94.8 cm³/mol. The SMILES string of the molecule is Nc1nc2n(n1)[C@@H](c1ccccc1)C=C(c1ccc(Br)cc1)N2. The maximum Gasteiger partial charge on any atom is 0.241 e. The highest BCUT2D eigenvalue weighted by atomic mass is 79.9. The average molecular weight is 368 g/mol. The third-order valence-electron chi connectivity index (χ3n) is 3.78. The fraction of sp³-hybridized carbons (Fsp3) is 0.0588. The van der Waals surface area contributed by atoms with Crippen LogP contribution < -0.4 is 11.1 Å². The van der Waals surface area contributed by atoms with Gasteiger partial charge in [0.2, 0.25) is 11.9 Å². The number of nitrogens with one attached hydrogen (secondary N) is 1. The number of anilines is 2. The second-order valence-corrected chi connectivity index (χ2v) is 6.22. The van der Waals surface area contributed by atoms with Crippen LogP contribution in [0.1, 0.15) is 17.2 Å². The molecule has 0 saturated heterocycles. The predicted octanol–water partition coefficient (Wildman–Crippen LogP) is 3.68. The number of allylic oxidation sites excluding steroid dienone is 1. The quantitative estimate of drug-likeness (QED) is 0.724. The largest absolute Gasteiger partial charge is 0.366 e. The number of hydrogen-bond donors (Lipinski definition) is 2. The molecule has 0 aliphatic carbocycles. The van der Waals surface area contributed by atoms with E-state index in [2.05, 4.69) is 61.7 Å². The minimum Gasteiger partial charge on any atom is -0.366 e. The maximum absolute atomic E-state index is 5.79. The van der Waals surface area contributed by atoms with Crippen LogP contribution in [-0.2, 0) is 0 Å². The van der Waals surface area contributed by atoms with Crippen molar-refractivity contribution in [1.29, 1.82) is 0 Å². The van der Waals surface area contributed by atoms with Gasteiger partial charge in [-0.1, -0.05) is 58.4 Å². The molecule has 1 aliphatic rings. The van der Waals surface area contributed by atoms with Crippen LogP contribution in [-0.4, -0.2) is 14.8 Å². The van der Waals surface area contributed by atoms with E-state index in [0.717, 1.165) is 21.3 Å². The van der Waals surface area contributed by atoms with Gasteiger partial charge in [0.1, 0.15) is 6.04 Å². The molecule has 0 bridgehead atoms. The topological polar surface area (TPSA) is 68.8 Å². The Bertz CT molecular complexity index is 868. The second-order valence-electron chi connectivity index (χ2n) is 5.31. The van der Waals surface area contributed by atoms with Gasteiger partial charge in [-0.25, -0.2) is 4.68 Å². The molecule has 2 aromatic carbocycles. The zero-order valence-electron chi connectivity index (χ0n) is 12.1. The number of hydrogen-bond acceptors (Lipinski definition) is 4. The fourth-order valence-corrected chi connectivity index (χ4v) is 2.96. The molecule has 1 aliphatic heterocycles. The number of rotatable bonds is 2. The van der Waals surface area contributed by atoms with Crippen LogP contribution in [0.15, 0.2) is 65.1 Å². The molecule has 114 valence electrons. The van der Waals surface area contributed by atoms with E-state index in [1.54, 1.807) is 0 Å². The molecule has 6 heteroatoms. The van der Waals surface area contributed by atoms with Crippen molar-refractivity contribution in [1.82, 2.24) is 14.8 Å². The third kappa shape index (κ3) is 2.61. The molecule has 0 radical (unpaired) electrons. The number of fused-ring (bicyclic) bond motifs is 1. The van der Waals surface area contributed by atoms with Gasteiger partial charge in [0.25, 0.3) is 0 Å². The number of aromatic nitrogens is 3. The highest BCUT2D eigenvalue weighted by molar-refractivity contribution is 9.10. The number of nitrogens with two attached hydrogens (primary N) is 1. The Labute approximate surface area is 142 Å². The van der Waals surface area contributed by atoms with Gasteiger partial charge < -0.3 is 11.1 Å². The molecular formula is C17H14BrN5. The Morgan fingerprint density at radius 3 is 2.52 bits per heavy atom. The van der Waals surface area contributed by atoms with Crippen LogP contribution in [0.5, 0.6) is 0 Å². The summed E-state index contributed by atoms with van der Waals surface area (Å²) in [5, 5.41) is 7.63. The van der Waals surface area contributed by atoms with Crippen LogP contribution in [0.4, 0.5) is 11.9 Å². The van der Waals surface area contributed by atoms with Gasteiger partial charge in [-0.3, -0.25) is 0 Å². The van der Waals surface area contributed by atoms with Crippen LogP contribution in [0, 0.1) is 0 Å². The lowest BCUT2D eigenvalue weighted by molar-refractivity contribution is 0.614. The van der Waals surface area contributed by atoms with E-state index in [9.17, 15) is 0 Å². The molecule has 4 rings (SSSR count). The Morgan fingerprint density at radius 2 is 1.78 bits per heavy atom. The van der Waals surface area contributed by atoms with Crippen molar-refractivity contribution in [2.45, 2.75) is 6.04 Å². The Kier molecular flexibility index (Phi) is 3.38. The first kappa shape index (κ1) is 14.0. The summed E-state index contributed by atoms with van der Waals surface area (Å²) >= 11 is 3.46. The van der Waals surface area contributed by atoms with Gasteiger partial charge in [-0.05, 0) is 29.3 Å². The van der Waals surface area contributed by atoms with Crippen molar-refractivity contribution >= 4 is 33.5 Å². The standard InChI is InChI=1S/C17H14BrN5/c18-13-8-6-11(7-9-13)14-10-15(12-4-2-1-3-5-12)23-17(20-14)21-16(19)22-23/h1-10,15H,(H3,19,20,21,22)/t15-/m1/s1. The molecule has 0 unspecified atom stereocenters. The van der Waals surface area contributed by atoms with Crippen LogP contribution in [0.25, 0.3) is 5.70 Å². The van der Waals surface area contributed by atoms with Crippen LogP contribution in [0.3, 0.4) is 0 Å². The van der Waals surface area contributed by atoms with Crippen molar-refractivity contribution in [3.05, 3.63) is 76.3 Å². The molecule has 0 saturated carbocycles. The van der Waals surface area contributed by atoms with Crippen LogP contribution >= 0.6 is 15.9 Å². The smallest absolute Gasteiger partial charge is 0.241 e. The molecule has 3 aromatic rings. The van der Waals surface area contributed by atoms with Gasteiger partial charge in [0.15, 0.2) is 0 Å². The molecule has 0 amide bonds.